The van der Waals surface area contributed by atoms with Gasteiger partial charge < -0.3 is 24.6 Å². The van der Waals surface area contributed by atoms with Crippen LogP contribution >= 0.6 is 0 Å². The van der Waals surface area contributed by atoms with Gasteiger partial charge in [0.2, 0.25) is 0 Å². The number of benzene rings is 1. The van der Waals surface area contributed by atoms with E-state index in [0.717, 1.165) is 0 Å². The lowest BCUT2D eigenvalue weighted by atomic mass is 10.3. The second-order valence-electron chi connectivity index (χ2n) is 4.27. The van der Waals surface area contributed by atoms with Crippen LogP contribution in [0.5, 0.6) is 11.5 Å². The maximum Gasteiger partial charge on any atom is 0.322 e. The number of nitrogens with one attached hydrogen (secondary N) is 1. The zero-order chi connectivity index (χ0) is 15.0. The Kier molecular flexibility index (Phi) is 6.83. The molecule has 0 radical (unpaired) electrons. The van der Waals surface area contributed by atoms with Crippen molar-refractivity contribution in [3.63, 3.8) is 0 Å². The SMILES string of the molecule is COC(=O)C(C)NCC(O)COc1ccccc1OC. The summed E-state index contributed by atoms with van der Waals surface area (Å²) < 4.78 is 15.2. The van der Waals surface area contributed by atoms with E-state index in [0.29, 0.717) is 11.5 Å². The van der Waals surface area contributed by atoms with Gasteiger partial charge in [0.25, 0.3) is 0 Å². The largest absolute Gasteiger partial charge is 0.493 e. The van der Waals surface area contributed by atoms with Crippen LogP contribution in [-0.4, -0.2) is 50.6 Å². The quantitative estimate of drug-likeness (QED) is 0.680. The van der Waals surface area contributed by atoms with E-state index >= 15 is 0 Å². The number of carbonyl (C=O) groups is 1. The number of rotatable bonds is 8. The average Bonchev–Trinajstić information content (AvgIpc) is 2.49. The number of hydrogen-bond acceptors (Lipinski definition) is 6. The van der Waals surface area contributed by atoms with Crippen LogP contribution in [0.3, 0.4) is 0 Å². The second kappa shape index (κ2) is 8.39. The van der Waals surface area contributed by atoms with Gasteiger partial charge in [-0.25, -0.2) is 0 Å². The first kappa shape index (κ1) is 16.3. The Labute approximate surface area is 118 Å². The highest BCUT2D eigenvalue weighted by atomic mass is 16.5. The van der Waals surface area contributed by atoms with Crippen molar-refractivity contribution in [3.8, 4) is 11.5 Å². The van der Waals surface area contributed by atoms with Crippen molar-refractivity contribution in [1.82, 2.24) is 5.32 Å². The topological polar surface area (TPSA) is 77.0 Å². The third kappa shape index (κ3) is 5.07. The van der Waals surface area contributed by atoms with Gasteiger partial charge >= 0.3 is 5.97 Å². The molecule has 0 saturated heterocycles. The van der Waals surface area contributed by atoms with Crippen LogP contribution in [0.2, 0.25) is 0 Å². The monoisotopic (exact) mass is 283 g/mol. The van der Waals surface area contributed by atoms with Gasteiger partial charge in [-0.05, 0) is 19.1 Å². The summed E-state index contributed by atoms with van der Waals surface area (Å²) in [6.07, 6.45) is -0.744. The van der Waals surface area contributed by atoms with Crippen LogP contribution in [0.1, 0.15) is 6.92 Å². The molecule has 0 aliphatic carbocycles. The normalized spacial score (nSPS) is 13.4. The molecule has 0 amide bonds. The minimum atomic E-state index is -0.744. The maximum absolute atomic E-state index is 11.2. The van der Waals surface area contributed by atoms with Gasteiger partial charge in [0.05, 0.1) is 14.2 Å². The fourth-order valence-corrected chi connectivity index (χ4v) is 1.56. The third-order valence-electron chi connectivity index (χ3n) is 2.71. The van der Waals surface area contributed by atoms with Gasteiger partial charge in [-0.2, -0.15) is 0 Å². The summed E-state index contributed by atoms with van der Waals surface area (Å²) in [4.78, 5) is 11.2. The fourth-order valence-electron chi connectivity index (χ4n) is 1.56. The molecule has 20 heavy (non-hydrogen) atoms. The molecule has 0 aliphatic heterocycles. The zero-order valence-electron chi connectivity index (χ0n) is 12.0. The molecule has 0 heterocycles. The molecule has 2 atom stereocenters. The molecule has 1 aromatic rings. The van der Waals surface area contributed by atoms with Crippen LogP contribution in [0.4, 0.5) is 0 Å². The van der Waals surface area contributed by atoms with Crippen molar-refractivity contribution < 1.29 is 24.1 Å². The highest BCUT2D eigenvalue weighted by molar-refractivity contribution is 5.75. The summed E-state index contributed by atoms with van der Waals surface area (Å²) in [7, 11) is 2.87. The van der Waals surface area contributed by atoms with E-state index in [1.165, 1.54) is 7.11 Å². The number of para-hydroxylation sites is 2. The van der Waals surface area contributed by atoms with Gasteiger partial charge in [-0.3, -0.25) is 4.79 Å². The summed E-state index contributed by atoms with van der Waals surface area (Å²) in [6.45, 7) is 1.99. The average molecular weight is 283 g/mol. The molecule has 0 aromatic heterocycles. The molecule has 0 bridgehead atoms. The third-order valence-corrected chi connectivity index (χ3v) is 2.71. The van der Waals surface area contributed by atoms with Crippen molar-refractivity contribution in [1.29, 1.82) is 0 Å². The highest BCUT2D eigenvalue weighted by Crippen LogP contribution is 2.25. The number of aliphatic hydroxyl groups is 1. The van der Waals surface area contributed by atoms with Crippen molar-refractivity contribution in [2.24, 2.45) is 0 Å². The lowest BCUT2D eigenvalue weighted by Gasteiger charge is -2.17. The summed E-state index contributed by atoms with van der Waals surface area (Å²) >= 11 is 0. The van der Waals surface area contributed by atoms with Crippen molar-refractivity contribution in [2.75, 3.05) is 27.4 Å². The summed E-state index contributed by atoms with van der Waals surface area (Å²) in [5, 5.41) is 12.7. The molecule has 112 valence electrons. The molecule has 0 fully saturated rings. The maximum atomic E-state index is 11.2. The van der Waals surface area contributed by atoms with Crippen LogP contribution in [-0.2, 0) is 9.53 Å². The van der Waals surface area contributed by atoms with E-state index in [9.17, 15) is 9.90 Å². The molecule has 1 aromatic carbocycles. The Bertz CT molecular complexity index is 424. The van der Waals surface area contributed by atoms with Crippen LogP contribution in [0, 0.1) is 0 Å². The van der Waals surface area contributed by atoms with Crippen molar-refractivity contribution in [2.45, 2.75) is 19.1 Å². The van der Waals surface area contributed by atoms with Gasteiger partial charge in [-0.1, -0.05) is 12.1 Å². The number of esters is 1. The molecular weight excluding hydrogens is 262 g/mol. The number of methoxy groups -OCH3 is 2. The van der Waals surface area contributed by atoms with E-state index in [1.54, 1.807) is 26.2 Å². The Morgan fingerprint density at radius 3 is 2.55 bits per heavy atom. The second-order valence-corrected chi connectivity index (χ2v) is 4.27. The predicted molar refractivity (Wildman–Crippen MR) is 74.0 cm³/mol. The first-order valence-electron chi connectivity index (χ1n) is 6.33. The lowest BCUT2D eigenvalue weighted by molar-refractivity contribution is -0.142. The standard InChI is InChI=1S/C14H21NO5/c1-10(14(17)19-3)15-8-11(16)9-20-13-7-5-4-6-12(13)18-2/h4-7,10-11,15-16H,8-9H2,1-3H3. The number of carbonyl (C=O) groups excluding carboxylic acids is 1. The van der Waals surface area contributed by atoms with E-state index in [-0.39, 0.29) is 19.1 Å². The van der Waals surface area contributed by atoms with Crippen LogP contribution < -0.4 is 14.8 Å². The Balaban J connectivity index is 2.36. The van der Waals surface area contributed by atoms with E-state index in [2.05, 4.69) is 10.1 Å². The smallest absolute Gasteiger partial charge is 0.322 e. The molecule has 1 rings (SSSR count). The summed E-state index contributed by atoms with van der Waals surface area (Å²) in [5.41, 5.74) is 0. The van der Waals surface area contributed by atoms with Crippen LogP contribution in [0.25, 0.3) is 0 Å². The van der Waals surface area contributed by atoms with Gasteiger partial charge in [0.1, 0.15) is 18.8 Å². The van der Waals surface area contributed by atoms with E-state index < -0.39 is 12.1 Å². The van der Waals surface area contributed by atoms with Gasteiger partial charge in [0.15, 0.2) is 11.5 Å². The molecule has 2 unspecified atom stereocenters. The highest BCUT2D eigenvalue weighted by Gasteiger charge is 2.14. The summed E-state index contributed by atoms with van der Waals surface area (Å²) in [6, 6.07) is 6.72. The minimum absolute atomic E-state index is 0.0985. The number of aliphatic hydroxyl groups excluding tert-OH is 1. The van der Waals surface area contributed by atoms with Crippen molar-refractivity contribution >= 4 is 5.97 Å². The van der Waals surface area contributed by atoms with Gasteiger partial charge in [-0.15, -0.1) is 0 Å². The Morgan fingerprint density at radius 1 is 1.30 bits per heavy atom. The van der Waals surface area contributed by atoms with Crippen LogP contribution in [0.15, 0.2) is 24.3 Å². The Hall–Kier alpha value is -1.79. The molecule has 0 saturated carbocycles. The minimum Gasteiger partial charge on any atom is -0.493 e. The molecule has 0 spiro atoms. The molecule has 0 aliphatic rings. The summed E-state index contributed by atoms with van der Waals surface area (Å²) in [5.74, 6) is 0.800. The molecular formula is C14H21NO5. The fraction of sp³-hybridized carbons (Fsp3) is 0.500. The lowest BCUT2D eigenvalue weighted by Crippen LogP contribution is -2.41. The molecule has 2 N–H and O–H groups in total. The van der Waals surface area contributed by atoms with E-state index in [1.807, 2.05) is 12.1 Å². The predicted octanol–water partition coefficient (Wildman–Crippen LogP) is 0.586. The van der Waals surface area contributed by atoms with Gasteiger partial charge in [0, 0.05) is 6.54 Å². The first-order valence-corrected chi connectivity index (χ1v) is 6.33. The van der Waals surface area contributed by atoms with E-state index in [4.69, 9.17) is 9.47 Å². The first-order chi connectivity index (χ1) is 9.58. The number of hydrogen-bond donors (Lipinski definition) is 2. The number of ether oxygens (including phenoxy) is 3. The van der Waals surface area contributed by atoms with Crippen molar-refractivity contribution in [3.05, 3.63) is 24.3 Å². The zero-order valence-corrected chi connectivity index (χ0v) is 12.0. The molecule has 6 nitrogen and oxygen atoms in total. The molecule has 6 heteroatoms. The Morgan fingerprint density at radius 2 is 1.95 bits per heavy atom.